The fourth-order valence-electron chi connectivity index (χ4n) is 1.68. The van der Waals surface area contributed by atoms with Crippen molar-refractivity contribution in [3.63, 3.8) is 0 Å². The van der Waals surface area contributed by atoms with E-state index in [0.717, 1.165) is 12.8 Å². The molecule has 0 saturated heterocycles. The summed E-state index contributed by atoms with van der Waals surface area (Å²) in [6, 6.07) is 0.434. The summed E-state index contributed by atoms with van der Waals surface area (Å²) in [5.74, 6) is 5.81. The van der Waals surface area contributed by atoms with Crippen molar-refractivity contribution in [1.82, 2.24) is 15.6 Å². The maximum absolute atomic E-state index is 11.3. The van der Waals surface area contributed by atoms with Crippen LogP contribution in [0.3, 0.4) is 0 Å². The number of carbonyl (C=O) groups is 1. The zero-order valence-corrected chi connectivity index (χ0v) is 9.99. The number of likely N-dealkylation sites (N-methyl/N-ethyl adjacent to an activating group) is 1. The summed E-state index contributed by atoms with van der Waals surface area (Å²) in [6.07, 6.45) is 4.77. The molecule has 0 unspecified atom stereocenters. The third kappa shape index (κ3) is 4.06. The number of aliphatic imine (C=N–C) groups is 1. The average molecular weight is 227 g/mol. The molecule has 0 aliphatic heterocycles. The summed E-state index contributed by atoms with van der Waals surface area (Å²) in [5, 5.41) is 3.20. The molecule has 0 radical (unpaired) electrons. The third-order valence-corrected chi connectivity index (χ3v) is 2.70. The Morgan fingerprint density at radius 1 is 1.44 bits per heavy atom. The summed E-state index contributed by atoms with van der Waals surface area (Å²) in [6.45, 7) is 0.117. The van der Waals surface area contributed by atoms with Crippen LogP contribution in [0, 0.1) is 0 Å². The molecule has 1 rings (SSSR count). The average Bonchev–Trinajstić information content (AvgIpc) is 2.76. The largest absolute Gasteiger partial charge is 0.353 e. The smallest absolute Gasteiger partial charge is 0.243 e. The highest BCUT2D eigenvalue weighted by atomic mass is 16.2. The molecule has 0 aromatic rings. The minimum Gasteiger partial charge on any atom is -0.353 e. The Labute approximate surface area is 96.2 Å². The van der Waals surface area contributed by atoms with Gasteiger partial charge in [-0.2, -0.15) is 0 Å². The molecule has 0 aromatic carbocycles. The minimum atomic E-state index is -0.0408. The second-order valence-corrected chi connectivity index (χ2v) is 4.22. The van der Waals surface area contributed by atoms with Crippen LogP contribution in [0.1, 0.15) is 25.7 Å². The van der Waals surface area contributed by atoms with Gasteiger partial charge in [0.15, 0.2) is 0 Å². The SMILES string of the molecule is CN(C)C(=O)CN=C(NN)NC1CCCC1. The Kier molecular flexibility index (Phi) is 5.04. The number of hydrogen-bond acceptors (Lipinski definition) is 3. The molecule has 1 aliphatic rings. The number of amides is 1. The highest BCUT2D eigenvalue weighted by Crippen LogP contribution is 2.17. The second-order valence-electron chi connectivity index (χ2n) is 4.22. The Balaban J connectivity index is 2.39. The molecular weight excluding hydrogens is 206 g/mol. The Morgan fingerprint density at radius 3 is 2.56 bits per heavy atom. The van der Waals surface area contributed by atoms with E-state index in [1.807, 2.05) is 0 Å². The van der Waals surface area contributed by atoms with Crippen molar-refractivity contribution in [3.8, 4) is 0 Å². The molecule has 92 valence electrons. The van der Waals surface area contributed by atoms with E-state index in [1.165, 1.54) is 17.7 Å². The standard InChI is InChI=1S/C10H21N5O/c1-15(2)9(16)7-12-10(14-11)13-8-5-3-4-6-8/h8H,3-7,11H2,1-2H3,(H2,12,13,14). The Bertz CT molecular complexity index is 258. The number of hydrazine groups is 1. The number of hydrogen-bond donors (Lipinski definition) is 3. The lowest BCUT2D eigenvalue weighted by atomic mass is 10.2. The third-order valence-electron chi connectivity index (χ3n) is 2.70. The molecule has 0 aromatic heterocycles. The molecule has 1 saturated carbocycles. The molecule has 0 atom stereocenters. The normalized spacial score (nSPS) is 17.3. The van der Waals surface area contributed by atoms with Crippen LogP contribution in [0.4, 0.5) is 0 Å². The van der Waals surface area contributed by atoms with Crippen LogP contribution in [0.25, 0.3) is 0 Å². The number of guanidine groups is 1. The zero-order valence-electron chi connectivity index (χ0n) is 9.99. The van der Waals surface area contributed by atoms with Gasteiger partial charge in [0.05, 0.1) is 0 Å². The summed E-state index contributed by atoms with van der Waals surface area (Å²) in [7, 11) is 3.41. The quantitative estimate of drug-likeness (QED) is 0.261. The van der Waals surface area contributed by atoms with Gasteiger partial charge in [0, 0.05) is 20.1 Å². The molecule has 4 N–H and O–H groups in total. The first-order valence-electron chi connectivity index (χ1n) is 5.61. The maximum atomic E-state index is 11.3. The number of rotatable bonds is 3. The monoisotopic (exact) mass is 227 g/mol. The van der Waals surface area contributed by atoms with Crippen LogP contribution in [0.2, 0.25) is 0 Å². The van der Waals surface area contributed by atoms with Crippen molar-refractivity contribution in [3.05, 3.63) is 0 Å². The van der Waals surface area contributed by atoms with Crippen LogP contribution in [-0.4, -0.2) is 43.4 Å². The molecule has 1 fully saturated rings. The van der Waals surface area contributed by atoms with E-state index < -0.39 is 0 Å². The lowest BCUT2D eigenvalue weighted by Crippen LogP contribution is -2.46. The van der Waals surface area contributed by atoms with Gasteiger partial charge in [-0.05, 0) is 12.8 Å². The number of nitrogens with one attached hydrogen (secondary N) is 2. The molecule has 0 bridgehead atoms. The molecule has 0 spiro atoms. The van der Waals surface area contributed by atoms with Crippen molar-refractivity contribution < 1.29 is 4.79 Å². The van der Waals surface area contributed by atoms with Gasteiger partial charge in [-0.1, -0.05) is 12.8 Å². The van der Waals surface area contributed by atoms with Crippen molar-refractivity contribution in [2.45, 2.75) is 31.7 Å². The Hall–Kier alpha value is -1.30. The topological polar surface area (TPSA) is 82.8 Å². The van der Waals surface area contributed by atoms with Crippen molar-refractivity contribution in [2.75, 3.05) is 20.6 Å². The van der Waals surface area contributed by atoms with E-state index in [4.69, 9.17) is 5.84 Å². The number of nitrogens with two attached hydrogens (primary N) is 1. The van der Waals surface area contributed by atoms with Gasteiger partial charge in [0.25, 0.3) is 0 Å². The van der Waals surface area contributed by atoms with Gasteiger partial charge in [-0.25, -0.2) is 10.8 Å². The fourth-order valence-corrected chi connectivity index (χ4v) is 1.68. The van der Waals surface area contributed by atoms with Gasteiger partial charge in [-0.3, -0.25) is 10.2 Å². The first-order chi connectivity index (χ1) is 7.63. The van der Waals surface area contributed by atoms with E-state index >= 15 is 0 Å². The van der Waals surface area contributed by atoms with Crippen LogP contribution >= 0.6 is 0 Å². The van der Waals surface area contributed by atoms with E-state index in [0.29, 0.717) is 12.0 Å². The van der Waals surface area contributed by atoms with Crippen molar-refractivity contribution in [2.24, 2.45) is 10.8 Å². The summed E-state index contributed by atoms with van der Waals surface area (Å²) in [4.78, 5) is 16.9. The van der Waals surface area contributed by atoms with Gasteiger partial charge >= 0.3 is 0 Å². The lowest BCUT2D eigenvalue weighted by molar-refractivity contribution is -0.127. The highest BCUT2D eigenvalue weighted by molar-refractivity contribution is 5.84. The highest BCUT2D eigenvalue weighted by Gasteiger charge is 2.15. The van der Waals surface area contributed by atoms with E-state index in [-0.39, 0.29) is 12.5 Å². The lowest BCUT2D eigenvalue weighted by Gasteiger charge is -2.15. The predicted octanol–water partition coefficient (Wildman–Crippen LogP) is -0.574. The van der Waals surface area contributed by atoms with E-state index in [2.05, 4.69) is 15.7 Å². The van der Waals surface area contributed by atoms with Crippen LogP contribution in [0.5, 0.6) is 0 Å². The van der Waals surface area contributed by atoms with Crippen LogP contribution in [-0.2, 0) is 4.79 Å². The molecule has 6 nitrogen and oxygen atoms in total. The van der Waals surface area contributed by atoms with Crippen molar-refractivity contribution in [1.29, 1.82) is 0 Å². The van der Waals surface area contributed by atoms with E-state index in [9.17, 15) is 4.79 Å². The fraction of sp³-hybridized carbons (Fsp3) is 0.800. The van der Waals surface area contributed by atoms with Gasteiger partial charge in [0.2, 0.25) is 11.9 Å². The maximum Gasteiger partial charge on any atom is 0.243 e. The second kappa shape index (κ2) is 6.32. The van der Waals surface area contributed by atoms with Gasteiger partial charge < -0.3 is 10.2 Å². The van der Waals surface area contributed by atoms with Crippen LogP contribution < -0.4 is 16.6 Å². The Morgan fingerprint density at radius 2 is 2.06 bits per heavy atom. The zero-order chi connectivity index (χ0) is 12.0. The first-order valence-corrected chi connectivity index (χ1v) is 5.61. The van der Waals surface area contributed by atoms with Crippen LogP contribution in [0.15, 0.2) is 4.99 Å². The predicted molar refractivity (Wildman–Crippen MR) is 63.7 cm³/mol. The van der Waals surface area contributed by atoms with Gasteiger partial charge in [-0.15, -0.1) is 0 Å². The number of nitrogens with zero attached hydrogens (tertiary/aromatic N) is 2. The molecular formula is C10H21N5O. The summed E-state index contributed by atoms with van der Waals surface area (Å²) < 4.78 is 0. The number of carbonyl (C=O) groups excluding carboxylic acids is 1. The van der Waals surface area contributed by atoms with Gasteiger partial charge in [0.1, 0.15) is 6.54 Å². The minimum absolute atomic E-state index is 0.0408. The summed E-state index contributed by atoms with van der Waals surface area (Å²) >= 11 is 0. The molecule has 6 heteroatoms. The molecule has 16 heavy (non-hydrogen) atoms. The molecule has 1 aliphatic carbocycles. The molecule has 0 heterocycles. The first kappa shape index (κ1) is 12.8. The molecule has 1 amide bonds. The summed E-state index contributed by atoms with van der Waals surface area (Å²) in [5.41, 5.74) is 2.49. The van der Waals surface area contributed by atoms with E-state index in [1.54, 1.807) is 14.1 Å². The van der Waals surface area contributed by atoms with Crippen molar-refractivity contribution >= 4 is 11.9 Å².